The molecule has 0 aliphatic rings. The minimum absolute atomic E-state index is 0.0985. The number of hydrogen-bond acceptors (Lipinski definition) is 3. The van der Waals surface area contributed by atoms with Crippen LogP contribution in [0.4, 0.5) is 0 Å². The zero-order valence-electron chi connectivity index (χ0n) is 8.95. The second kappa shape index (κ2) is 7.38. The Morgan fingerprint density at radius 1 is 1.64 bits per heavy atom. The summed E-state index contributed by atoms with van der Waals surface area (Å²) in [5.41, 5.74) is 5.64. The van der Waals surface area contributed by atoms with E-state index in [-0.39, 0.29) is 11.8 Å². The quantitative estimate of drug-likeness (QED) is 0.468. The number of hydrogen-bond donors (Lipinski definition) is 2. The van der Waals surface area contributed by atoms with Crippen LogP contribution in [0.15, 0.2) is 12.8 Å². The van der Waals surface area contributed by atoms with Gasteiger partial charge in [0.05, 0.1) is 18.9 Å². The Labute approximate surface area is 85.5 Å². The Hall–Kier alpha value is -1.03. The molecule has 0 bridgehead atoms. The van der Waals surface area contributed by atoms with Crippen LogP contribution in [0.2, 0.25) is 0 Å². The number of amides is 1. The van der Waals surface area contributed by atoms with Crippen molar-refractivity contribution in [2.75, 3.05) is 13.2 Å². The van der Waals surface area contributed by atoms with Crippen molar-refractivity contribution < 1.29 is 9.53 Å². The third kappa shape index (κ3) is 5.59. The molecule has 4 heteroatoms. The molecule has 1 amide bonds. The van der Waals surface area contributed by atoms with Gasteiger partial charge in [-0.1, -0.05) is 20.4 Å². The van der Waals surface area contributed by atoms with Gasteiger partial charge < -0.3 is 15.8 Å². The smallest absolute Gasteiger partial charge is 0.237 e. The fourth-order valence-corrected chi connectivity index (χ4v) is 0.871. The highest BCUT2D eigenvalue weighted by Crippen LogP contribution is 1.97. The number of carbonyl (C=O) groups is 1. The van der Waals surface area contributed by atoms with E-state index in [4.69, 9.17) is 10.5 Å². The molecule has 0 saturated heterocycles. The van der Waals surface area contributed by atoms with Crippen LogP contribution < -0.4 is 11.1 Å². The monoisotopic (exact) mass is 200 g/mol. The lowest BCUT2D eigenvalue weighted by atomic mass is 10.1. The zero-order valence-corrected chi connectivity index (χ0v) is 8.95. The molecule has 14 heavy (non-hydrogen) atoms. The van der Waals surface area contributed by atoms with Gasteiger partial charge in [0.1, 0.15) is 0 Å². The summed E-state index contributed by atoms with van der Waals surface area (Å²) in [6.07, 6.45) is 2.16. The molecule has 0 unspecified atom stereocenters. The lowest BCUT2D eigenvalue weighted by Crippen LogP contribution is -2.44. The van der Waals surface area contributed by atoms with E-state index < -0.39 is 6.04 Å². The van der Waals surface area contributed by atoms with Crippen LogP contribution in [0.5, 0.6) is 0 Å². The molecule has 1 atom stereocenters. The molecule has 0 rings (SSSR count). The van der Waals surface area contributed by atoms with Crippen LogP contribution in [0, 0.1) is 5.92 Å². The summed E-state index contributed by atoms with van der Waals surface area (Å²) >= 11 is 0. The molecular weight excluding hydrogens is 180 g/mol. The van der Waals surface area contributed by atoms with Crippen molar-refractivity contribution in [1.29, 1.82) is 0 Å². The molecule has 0 saturated carbocycles. The van der Waals surface area contributed by atoms with Crippen molar-refractivity contribution in [3.63, 3.8) is 0 Å². The van der Waals surface area contributed by atoms with Gasteiger partial charge >= 0.3 is 0 Å². The first-order valence-electron chi connectivity index (χ1n) is 4.85. The van der Waals surface area contributed by atoms with Gasteiger partial charge in [0.25, 0.3) is 0 Å². The fourth-order valence-electron chi connectivity index (χ4n) is 0.871. The van der Waals surface area contributed by atoms with Crippen molar-refractivity contribution in [2.45, 2.75) is 26.3 Å². The standard InChI is InChI=1S/C10H20N2O2/c1-4-14-7-5-6-12-10(13)9(11)8(2)3/h4,8-9H,1,5-7,11H2,2-3H3,(H,12,13)/t9-/m0/s1. The van der Waals surface area contributed by atoms with Crippen molar-refractivity contribution >= 4 is 5.91 Å². The maximum Gasteiger partial charge on any atom is 0.237 e. The number of nitrogens with two attached hydrogens (primary N) is 1. The topological polar surface area (TPSA) is 64.3 Å². The molecular formula is C10H20N2O2. The number of nitrogens with one attached hydrogen (secondary N) is 1. The maximum absolute atomic E-state index is 11.3. The van der Waals surface area contributed by atoms with Crippen LogP contribution in [-0.2, 0) is 9.53 Å². The Morgan fingerprint density at radius 3 is 2.79 bits per heavy atom. The molecule has 0 aromatic rings. The predicted octanol–water partition coefficient (Wildman–Crippen LogP) is 0.636. The van der Waals surface area contributed by atoms with Gasteiger partial charge in [-0.3, -0.25) is 4.79 Å². The molecule has 82 valence electrons. The molecule has 0 heterocycles. The van der Waals surface area contributed by atoms with Crippen LogP contribution >= 0.6 is 0 Å². The van der Waals surface area contributed by atoms with E-state index in [0.29, 0.717) is 13.2 Å². The lowest BCUT2D eigenvalue weighted by molar-refractivity contribution is -0.123. The van der Waals surface area contributed by atoms with Gasteiger partial charge in [-0.25, -0.2) is 0 Å². The second-order valence-electron chi connectivity index (χ2n) is 3.45. The number of carbonyl (C=O) groups excluding carboxylic acids is 1. The van der Waals surface area contributed by atoms with E-state index in [0.717, 1.165) is 6.42 Å². The van der Waals surface area contributed by atoms with Crippen LogP contribution in [0.25, 0.3) is 0 Å². The summed E-state index contributed by atoms with van der Waals surface area (Å²) < 4.78 is 4.90. The van der Waals surface area contributed by atoms with E-state index in [1.807, 2.05) is 13.8 Å². The van der Waals surface area contributed by atoms with Gasteiger partial charge in [-0.05, 0) is 12.3 Å². The highest BCUT2D eigenvalue weighted by atomic mass is 16.5. The van der Waals surface area contributed by atoms with Gasteiger partial charge in [-0.15, -0.1) is 0 Å². The Balaban J connectivity index is 3.49. The minimum atomic E-state index is -0.421. The summed E-state index contributed by atoms with van der Waals surface area (Å²) in [6.45, 7) is 8.42. The Bertz CT molecular complexity index is 181. The minimum Gasteiger partial charge on any atom is -0.502 e. The first kappa shape index (κ1) is 13.0. The summed E-state index contributed by atoms with van der Waals surface area (Å²) in [5, 5.41) is 2.74. The lowest BCUT2D eigenvalue weighted by Gasteiger charge is -2.14. The Morgan fingerprint density at radius 2 is 2.29 bits per heavy atom. The van der Waals surface area contributed by atoms with E-state index in [1.54, 1.807) is 0 Å². The van der Waals surface area contributed by atoms with Gasteiger partial charge in [0, 0.05) is 6.54 Å². The number of rotatable bonds is 7. The van der Waals surface area contributed by atoms with Crippen molar-refractivity contribution in [3.8, 4) is 0 Å². The molecule has 0 aliphatic heterocycles. The van der Waals surface area contributed by atoms with E-state index in [1.165, 1.54) is 6.26 Å². The molecule has 0 aromatic carbocycles. The third-order valence-electron chi connectivity index (χ3n) is 1.88. The summed E-state index contributed by atoms with van der Waals surface area (Å²) in [4.78, 5) is 11.3. The third-order valence-corrected chi connectivity index (χ3v) is 1.88. The first-order valence-corrected chi connectivity index (χ1v) is 4.85. The molecule has 3 N–H and O–H groups in total. The van der Waals surface area contributed by atoms with Crippen molar-refractivity contribution in [1.82, 2.24) is 5.32 Å². The molecule has 0 aliphatic carbocycles. The molecule has 0 spiro atoms. The van der Waals surface area contributed by atoms with E-state index in [9.17, 15) is 4.79 Å². The van der Waals surface area contributed by atoms with Gasteiger partial charge in [-0.2, -0.15) is 0 Å². The molecule has 0 aromatic heterocycles. The second-order valence-corrected chi connectivity index (χ2v) is 3.45. The Kier molecular flexibility index (Phi) is 6.84. The normalized spacial score (nSPS) is 12.3. The van der Waals surface area contributed by atoms with Gasteiger partial charge in [0.2, 0.25) is 5.91 Å². The largest absolute Gasteiger partial charge is 0.502 e. The maximum atomic E-state index is 11.3. The van der Waals surface area contributed by atoms with Crippen molar-refractivity contribution in [2.24, 2.45) is 11.7 Å². The van der Waals surface area contributed by atoms with Crippen LogP contribution in [0.3, 0.4) is 0 Å². The molecule has 4 nitrogen and oxygen atoms in total. The SMILES string of the molecule is C=COCCCNC(=O)[C@@H](N)C(C)C. The first-order chi connectivity index (χ1) is 6.59. The van der Waals surface area contributed by atoms with E-state index >= 15 is 0 Å². The fraction of sp³-hybridized carbons (Fsp3) is 0.700. The van der Waals surface area contributed by atoms with Gasteiger partial charge in [0.15, 0.2) is 0 Å². The number of ether oxygens (including phenoxy) is 1. The van der Waals surface area contributed by atoms with Crippen LogP contribution in [-0.4, -0.2) is 25.1 Å². The van der Waals surface area contributed by atoms with Crippen molar-refractivity contribution in [3.05, 3.63) is 12.8 Å². The molecule has 0 fully saturated rings. The summed E-state index contributed by atoms with van der Waals surface area (Å²) in [5.74, 6) is 0.0676. The zero-order chi connectivity index (χ0) is 11.0. The highest BCUT2D eigenvalue weighted by Gasteiger charge is 2.15. The van der Waals surface area contributed by atoms with E-state index in [2.05, 4.69) is 11.9 Å². The average molecular weight is 200 g/mol. The predicted molar refractivity (Wildman–Crippen MR) is 56.6 cm³/mol. The highest BCUT2D eigenvalue weighted by molar-refractivity contribution is 5.81. The summed E-state index contributed by atoms with van der Waals surface area (Å²) in [6, 6.07) is -0.421. The average Bonchev–Trinajstić information content (AvgIpc) is 2.16. The van der Waals surface area contributed by atoms with Crippen LogP contribution in [0.1, 0.15) is 20.3 Å². The molecule has 0 radical (unpaired) electrons. The summed E-state index contributed by atoms with van der Waals surface area (Å²) in [7, 11) is 0.